The van der Waals surface area contributed by atoms with Crippen molar-refractivity contribution in [1.82, 2.24) is 10.1 Å². The molecule has 0 aromatic heterocycles. The van der Waals surface area contributed by atoms with Crippen LogP contribution in [0.25, 0.3) is 0 Å². The lowest BCUT2D eigenvalue weighted by Gasteiger charge is -2.27. The Kier molecular flexibility index (Phi) is 5.28. The lowest BCUT2D eigenvalue weighted by molar-refractivity contribution is 0.0533. The van der Waals surface area contributed by atoms with Crippen LogP contribution in [0, 0.1) is 0 Å². The van der Waals surface area contributed by atoms with Crippen LogP contribution in [0.1, 0.15) is 20.8 Å². The van der Waals surface area contributed by atoms with Crippen LogP contribution >= 0.6 is 11.6 Å². The number of nitrogens with one attached hydrogen (secondary N) is 1. The average molecular weight is 289 g/mol. The van der Waals surface area contributed by atoms with Gasteiger partial charge in [-0.15, -0.1) is 0 Å². The van der Waals surface area contributed by atoms with E-state index in [-0.39, 0.29) is 6.54 Å². The molecule has 1 amide bonds. The van der Waals surface area contributed by atoms with E-state index < -0.39 is 24.4 Å². The van der Waals surface area contributed by atoms with Crippen molar-refractivity contribution in [3.05, 3.63) is 23.9 Å². The Balaban J connectivity index is 2.52. The van der Waals surface area contributed by atoms with Crippen LogP contribution < -0.4 is 5.32 Å². The molecule has 1 atom stereocenters. The van der Waals surface area contributed by atoms with Gasteiger partial charge in [-0.3, -0.25) is 0 Å². The molecule has 1 aliphatic rings. The van der Waals surface area contributed by atoms with Crippen molar-refractivity contribution in [3.63, 3.8) is 0 Å². The van der Waals surface area contributed by atoms with Gasteiger partial charge in [-0.1, -0.05) is 17.7 Å². The number of halogens is 1. The molecule has 8 heteroatoms. The van der Waals surface area contributed by atoms with E-state index in [0.717, 1.165) is 4.81 Å². The summed E-state index contributed by atoms with van der Waals surface area (Å²) in [6.07, 6.45) is 4.23. The van der Waals surface area contributed by atoms with Gasteiger partial charge >= 0.3 is 13.3 Å². The fraction of sp³-hybridized carbons (Fsp3) is 0.545. The van der Waals surface area contributed by atoms with Gasteiger partial charge in [0.1, 0.15) is 11.1 Å². The van der Waals surface area contributed by atoms with Crippen molar-refractivity contribution >= 4 is 24.9 Å². The molecule has 0 aromatic rings. The van der Waals surface area contributed by atoms with Crippen molar-refractivity contribution in [1.29, 1.82) is 0 Å². The summed E-state index contributed by atoms with van der Waals surface area (Å²) in [6.45, 7) is 5.52. The Morgan fingerprint density at radius 1 is 1.58 bits per heavy atom. The third-order valence-corrected chi connectivity index (χ3v) is 2.54. The van der Waals surface area contributed by atoms with E-state index in [1.807, 2.05) is 0 Å². The first-order chi connectivity index (χ1) is 8.69. The molecule has 0 fully saturated rings. The van der Waals surface area contributed by atoms with Crippen LogP contribution in [0.15, 0.2) is 23.9 Å². The minimum atomic E-state index is -1.69. The Morgan fingerprint density at radius 2 is 2.21 bits per heavy atom. The van der Waals surface area contributed by atoms with Crippen molar-refractivity contribution in [2.24, 2.45) is 0 Å². The minimum Gasteiger partial charge on any atom is -0.444 e. The maximum absolute atomic E-state index is 11.5. The monoisotopic (exact) mass is 288 g/mol. The second-order valence-corrected chi connectivity index (χ2v) is 5.53. The highest BCUT2D eigenvalue weighted by molar-refractivity contribution is 6.40. The number of ether oxygens (including phenoxy) is 1. The molecule has 106 valence electrons. The van der Waals surface area contributed by atoms with Gasteiger partial charge in [-0.2, -0.15) is 0 Å². The number of hydrogen-bond acceptors (Lipinski definition) is 5. The number of nitrogens with zero attached hydrogens (tertiary/aromatic N) is 1. The zero-order valence-electron chi connectivity index (χ0n) is 11.1. The second-order valence-electron chi connectivity index (χ2n) is 5.08. The molecule has 0 radical (unpaired) electrons. The van der Waals surface area contributed by atoms with E-state index in [4.69, 9.17) is 26.4 Å². The quantitative estimate of drug-likeness (QED) is 0.406. The highest BCUT2D eigenvalue weighted by Crippen LogP contribution is 2.16. The zero-order valence-corrected chi connectivity index (χ0v) is 11.9. The Labute approximate surface area is 117 Å². The number of carbonyl (C=O) groups is 1. The zero-order chi connectivity index (χ0) is 14.6. The van der Waals surface area contributed by atoms with Gasteiger partial charge in [0, 0.05) is 6.54 Å². The van der Waals surface area contributed by atoms with Crippen LogP contribution in [0.4, 0.5) is 4.79 Å². The maximum atomic E-state index is 11.5. The van der Waals surface area contributed by atoms with Crippen molar-refractivity contribution in [2.45, 2.75) is 31.9 Å². The number of alkyl carbamates (subject to hydrolysis) is 1. The summed E-state index contributed by atoms with van der Waals surface area (Å²) in [5, 5.41) is 20.8. The third kappa shape index (κ3) is 5.54. The molecule has 1 rings (SSSR count). The Bertz CT molecular complexity index is 393. The first-order valence-corrected chi connectivity index (χ1v) is 6.26. The molecule has 1 aliphatic heterocycles. The number of rotatable bonds is 3. The maximum Gasteiger partial charge on any atom is 0.588 e. The number of carbonyl (C=O) groups excluding carboxylic acids is 1. The largest absolute Gasteiger partial charge is 0.588 e. The SMILES string of the molecule is CC(C)(C)OC(=O)NCC1=CN(B(O)O)C(Cl)C=C1. The standard InChI is InChI=1S/C11H18BClN2O4/c1-11(2,3)19-10(16)14-6-8-4-5-9(13)15(7-8)12(17)18/h4-5,7,9,17-18H,6H2,1-3H3,(H,14,16). The Hall–Kier alpha value is -1.18. The molecule has 0 aliphatic carbocycles. The summed E-state index contributed by atoms with van der Waals surface area (Å²) >= 11 is 5.86. The van der Waals surface area contributed by atoms with E-state index in [1.165, 1.54) is 6.20 Å². The summed E-state index contributed by atoms with van der Waals surface area (Å²) in [5.74, 6) is 0. The van der Waals surface area contributed by atoms with Crippen molar-refractivity contribution in [3.8, 4) is 0 Å². The van der Waals surface area contributed by atoms with E-state index in [9.17, 15) is 4.79 Å². The molecule has 0 spiro atoms. The van der Waals surface area contributed by atoms with E-state index in [2.05, 4.69) is 5.32 Å². The highest BCUT2D eigenvalue weighted by Gasteiger charge is 2.25. The van der Waals surface area contributed by atoms with Gasteiger partial charge in [0.05, 0.1) is 0 Å². The fourth-order valence-corrected chi connectivity index (χ4v) is 1.62. The molecule has 6 nitrogen and oxygen atoms in total. The number of alkyl halides is 1. The fourth-order valence-electron chi connectivity index (χ4n) is 1.40. The lowest BCUT2D eigenvalue weighted by Crippen LogP contribution is -2.42. The predicted octanol–water partition coefficient (Wildman–Crippen LogP) is 0.801. The lowest BCUT2D eigenvalue weighted by atomic mass is 10.0. The van der Waals surface area contributed by atoms with Gasteiger partial charge in [0.2, 0.25) is 0 Å². The van der Waals surface area contributed by atoms with Crippen LogP contribution in [0.3, 0.4) is 0 Å². The van der Waals surface area contributed by atoms with E-state index in [0.29, 0.717) is 5.57 Å². The molecular weight excluding hydrogens is 270 g/mol. The molecule has 19 heavy (non-hydrogen) atoms. The minimum absolute atomic E-state index is 0.207. The molecule has 1 heterocycles. The van der Waals surface area contributed by atoms with Crippen LogP contribution in [-0.2, 0) is 4.74 Å². The molecule has 0 aromatic carbocycles. The van der Waals surface area contributed by atoms with Crippen LogP contribution in [0.5, 0.6) is 0 Å². The normalized spacial score (nSPS) is 18.9. The molecule has 0 saturated carbocycles. The predicted molar refractivity (Wildman–Crippen MR) is 73.1 cm³/mol. The van der Waals surface area contributed by atoms with Gasteiger partial charge in [-0.05, 0) is 38.6 Å². The highest BCUT2D eigenvalue weighted by atomic mass is 35.5. The summed E-state index contributed by atoms with van der Waals surface area (Å²) in [7, 11) is -1.69. The van der Waals surface area contributed by atoms with Crippen molar-refractivity contribution < 1.29 is 19.6 Å². The first-order valence-electron chi connectivity index (χ1n) is 5.82. The molecule has 3 N–H and O–H groups in total. The van der Waals surface area contributed by atoms with Gasteiger partial charge < -0.3 is 24.9 Å². The molecular formula is C11H18BClN2O4. The smallest absolute Gasteiger partial charge is 0.444 e. The molecule has 0 bridgehead atoms. The topological polar surface area (TPSA) is 82.0 Å². The summed E-state index contributed by atoms with van der Waals surface area (Å²) in [5.41, 5.74) is -0.517. The second kappa shape index (κ2) is 6.32. The average Bonchev–Trinajstić information content (AvgIpc) is 2.25. The van der Waals surface area contributed by atoms with Crippen molar-refractivity contribution in [2.75, 3.05) is 6.54 Å². The van der Waals surface area contributed by atoms with Crippen LogP contribution in [0.2, 0.25) is 0 Å². The first kappa shape index (κ1) is 15.9. The summed E-state index contributed by atoms with van der Waals surface area (Å²) < 4.78 is 5.08. The van der Waals surface area contributed by atoms with Gasteiger partial charge in [-0.25, -0.2) is 4.79 Å². The Morgan fingerprint density at radius 3 is 2.74 bits per heavy atom. The number of hydrogen-bond donors (Lipinski definition) is 3. The van der Waals surface area contributed by atoms with E-state index >= 15 is 0 Å². The van der Waals surface area contributed by atoms with Gasteiger partial charge in [0.25, 0.3) is 0 Å². The van der Waals surface area contributed by atoms with Crippen LogP contribution in [-0.4, -0.2) is 45.9 Å². The van der Waals surface area contributed by atoms with Gasteiger partial charge in [0.15, 0.2) is 0 Å². The summed E-state index contributed by atoms with van der Waals surface area (Å²) in [4.78, 5) is 12.6. The third-order valence-electron chi connectivity index (χ3n) is 2.17. The van der Waals surface area contributed by atoms with E-state index in [1.54, 1.807) is 32.9 Å². The summed E-state index contributed by atoms with van der Waals surface area (Å²) in [6, 6.07) is 0. The number of amides is 1. The molecule has 0 saturated heterocycles. The molecule has 1 unspecified atom stereocenters.